The Morgan fingerprint density at radius 2 is 2.00 bits per heavy atom. The van der Waals surface area contributed by atoms with E-state index in [9.17, 15) is 17.6 Å². The number of benzene rings is 1. The van der Waals surface area contributed by atoms with Gasteiger partial charge in [0.05, 0.1) is 10.6 Å². The molecule has 0 aliphatic heterocycles. The quantitative estimate of drug-likeness (QED) is 0.844. The average molecular weight is 266 g/mol. The molecule has 0 heterocycles. The second-order valence-corrected chi connectivity index (χ2v) is 5.29. The van der Waals surface area contributed by atoms with Crippen LogP contribution in [0.15, 0.2) is 17.0 Å². The fourth-order valence-electron chi connectivity index (χ4n) is 1.11. The summed E-state index contributed by atoms with van der Waals surface area (Å²) in [6, 6.07) is 1.73. The van der Waals surface area contributed by atoms with Crippen LogP contribution < -0.4 is 4.72 Å². The van der Waals surface area contributed by atoms with Gasteiger partial charge in [0.25, 0.3) is 0 Å². The molecule has 0 saturated heterocycles. The molecule has 1 N–H and O–H groups in total. The van der Waals surface area contributed by atoms with Crippen LogP contribution in [0.3, 0.4) is 0 Å². The summed E-state index contributed by atoms with van der Waals surface area (Å²) in [5.74, 6) is -1.41. The Bertz CT molecular complexity index is 542. The van der Waals surface area contributed by atoms with Gasteiger partial charge in [-0.2, -0.15) is 0 Å². The molecule has 1 aromatic carbocycles. The third-order valence-corrected chi connectivity index (χ3v) is 3.84. The molecule has 16 heavy (non-hydrogen) atoms. The largest absolute Gasteiger partial charge is 0.294 e. The summed E-state index contributed by atoms with van der Waals surface area (Å²) in [5, 5.41) is -0.267. The molecule has 0 fully saturated rings. The topological polar surface area (TPSA) is 63.2 Å². The maximum Gasteiger partial charge on any atom is 0.241 e. The second-order valence-electron chi connectivity index (χ2n) is 3.03. The first kappa shape index (κ1) is 13.1. The number of ketones is 1. The minimum atomic E-state index is -3.80. The van der Waals surface area contributed by atoms with Gasteiger partial charge in [-0.3, -0.25) is 4.79 Å². The van der Waals surface area contributed by atoms with Crippen molar-refractivity contribution >= 4 is 27.4 Å². The first-order chi connectivity index (χ1) is 7.29. The van der Waals surface area contributed by atoms with Gasteiger partial charge in [-0.05, 0) is 26.1 Å². The van der Waals surface area contributed by atoms with Crippen molar-refractivity contribution in [2.24, 2.45) is 0 Å². The van der Waals surface area contributed by atoms with Gasteiger partial charge in [0, 0.05) is 0 Å². The summed E-state index contributed by atoms with van der Waals surface area (Å²) in [6.07, 6.45) is 0. The average Bonchev–Trinajstić information content (AvgIpc) is 2.16. The van der Waals surface area contributed by atoms with Crippen molar-refractivity contribution in [3.8, 4) is 0 Å². The molecule has 0 aliphatic carbocycles. The highest BCUT2D eigenvalue weighted by Crippen LogP contribution is 2.25. The van der Waals surface area contributed by atoms with Gasteiger partial charge in [-0.1, -0.05) is 11.6 Å². The maximum absolute atomic E-state index is 13.3. The standard InChI is InChI=1S/C9H9ClFNO3S/c1-5(13)6-3-9(16(14,15)12-2)7(10)4-8(6)11/h3-4,12H,1-2H3. The van der Waals surface area contributed by atoms with Gasteiger partial charge >= 0.3 is 0 Å². The molecule has 0 saturated carbocycles. The molecule has 88 valence electrons. The summed E-state index contributed by atoms with van der Waals surface area (Å²) in [5.41, 5.74) is -0.307. The lowest BCUT2D eigenvalue weighted by molar-refractivity contribution is 0.101. The van der Waals surface area contributed by atoms with Crippen molar-refractivity contribution in [2.45, 2.75) is 11.8 Å². The normalized spacial score (nSPS) is 11.5. The Hall–Kier alpha value is -0.980. The number of halogens is 2. The fraction of sp³-hybridized carbons (Fsp3) is 0.222. The van der Waals surface area contributed by atoms with E-state index in [2.05, 4.69) is 0 Å². The lowest BCUT2D eigenvalue weighted by atomic mass is 10.1. The Morgan fingerprint density at radius 3 is 2.44 bits per heavy atom. The molecule has 0 spiro atoms. The molecular weight excluding hydrogens is 257 g/mol. The number of carbonyl (C=O) groups excluding carboxylic acids is 1. The number of rotatable bonds is 3. The van der Waals surface area contributed by atoms with Crippen LogP contribution in [0.2, 0.25) is 5.02 Å². The van der Waals surface area contributed by atoms with Crippen LogP contribution in [0.4, 0.5) is 4.39 Å². The maximum atomic E-state index is 13.3. The number of hydrogen-bond acceptors (Lipinski definition) is 3. The molecule has 0 radical (unpaired) electrons. The summed E-state index contributed by atoms with van der Waals surface area (Å²) in [6.45, 7) is 1.14. The molecule has 4 nitrogen and oxygen atoms in total. The fourth-order valence-corrected chi connectivity index (χ4v) is 2.38. The van der Waals surface area contributed by atoms with E-state index in [0.29, 0.717) is 0 Å². The number of Topliss-reactive ketones (excluding diaryl/α,β-unsaturated/α-hetero) is 1. The highest BCUT2D eigenvalue weighted by molar-refractivity contribution is 7.89. The first-order valence-corrected chi connectivity index (χ1v) is 6.09. The Balaban J connectivity index is 3.55. The van der Waals surface area contributed by atoms with Crippen molar-refractivity contribution in [3.63, 3.8) is 0 Å². The van der Waals surface area contributed by atoms with Gasteiger partial charge in [-0.25, -0.2) is 17.5 Å². The second kappa shape index (κ2) is 4.48. The van der Waals surface area contributed by atoms with E-state index < -0.39 is 21.6 Å². The monoisotopic (exact) mass is 265 g/mol. The van der Waals surface area contributed by atoms with E-state index in [-0.39, 0.29) is 15.5 Å². The Morgan fingerprint density at radius 1 is 1.44 bits per heavy atom. The molecule has 0 amide bonds. The highest BCUT2D eigenvalue weighted by Gasteiger charge is 2.20. The van der Waals surface area contributed by atoms with Gasteiger partial charge in [-0.15, -0.1) is 0 Å². The molecule has 1 aromatic rings. The molecule has 0 atom stereocenters. The van der Waals surface area contributed by atoms with E-state index in [0.717, 1.165) is 19.1 Å². The van der Waals surface area contributed by atoms with Gasteiger partial charge in [0.2, 0.25) is 10.0 Å². The lowest BCUT2D eigenvalue weighted by Crippen LogP contribution is -2.19. The minimum Gasteiger partial charge on any atom is -0.294 e. The lowest BCUT2D eigenvalue weighted by Gasteiger charge is -2.07. The van der Waals surface area contributed by atoms with Crippen molar-refractivity contribution in [3.05, 3.63) is 28.5 Å². The summed E-state index contributed by atoms with van der Waals surface area (Å²) < 4.78 is 38.2. The number of carbonyl (C=O) groups is 1. The van der Waals surface area contributed by atoms with Gasteiger partial charge in [0.15, 0.2) is 5.78 Å². The van der Waals surface area contributed by atoms with E-state index in [1.165, 1.54) is 7.05 Å². The van der Waals surface area contributed by atoms with Crippen LogP contribution in [0.25, 0.3) is 0 Å². The Labute approximate surface area is 97.5 Å². The van der Waals surface area contributed by atoms with Crippen LogP contribution in [-0.4, -0.2) is 21.2 Å². The van der Waals surface area contributed by atoms with Gasteiger partial charge in [0.1, 0.15) is 10.7 Å². The van der Waals surface area contributed by atoms with E-state index in [4.69, 9.17) is 11.6 Å². The van der Waals surface area contributed by atoms with Crippen LogP contribution in [0.5, 0.6) is 0 Å². The molecule has 0 unspecified atom stereocenters. The van der Waals surface area contributed by atoms with Gasteiger partial charge < -0.3 is 0 Å². The zero-order valence-electron chi connectivity index (χ0n) is 8.54. The molecular formula is C9H9ClFNO3S. The van der Waals surface area contributed by atoms with E-state index in [1.54, 1.807) is 0 Å². The van der Waals surface area contributed by atoms with Crippen LogP contribution >= 0.6 is 11.6 Å². The summed E-state index contributed by atoms with van der Waals surface area (Å²) >= 11 is 5.60. The molecule has 7 heteroatoms. The minimum absolute atomic E-state index is 0.267. The third kappa shape index (κ3) is 2.40. The number of nitrogens with one attached hydrogen (secondary N) is 1. The number of hydrogen-bond donors (Lipinski definition) is 1. The molecule has 0 bridgehead atoms. The molecule has 0 aliphatic rings. The van der Waals surface area contributed by atoms with Crippen molar-refractivity contribution in [1.82, 2.24) is 4.72 Å². The third-order valence-electron chi connectivity index (χ3n) is 1.96. The van der Waals surface area contributed by atoms with Crippen LogP contribution in [0, 0.1) is 5.82 Å². The highest BCUT2D eigenvalue weighted by atomic mass is 35.5. The number of sulfonamides is 1. The summed E-state index contributed by atoms with van der Waals surface area (Å²) in [4.78, 5) is 10.7. The van der Waals surface area contributed by atoms with Crippen LogP contribution in [0.1, 0.15) is 17.3 Å². The molecule has 0 aromatic heterocycles. The van der Waals surface area contributed by atoms with E-state index >= 15 is 0 Å². The molecule has 1 rings (SSSR count). The Kier molecular flexibility index (Phi) is 3.67. The van der Waals surface area contributed by atoms with Crippen molar-refractivity contribution < 1.29 is 17.6 Å². The summed E-state index contributed by atoms with van der Waals surface area (Å²) in [7, 11) is -2.61. The zero-order chi connectivity index (χ0) is 12.5. The van der Waals surface area contributed by atoms with Crippen molar-refractivity contribution in [1.29, 1.82) is 0 Å². The predicted molar refractivity (Wildman–Crippen MR) is 57.7 cm³/mol. The predicted octanol–water partition coefficient (Wildman–Crippen LogP) is 1.59. The van der Waals surface area contributed by atoms with Crippen LogP contribution in [-0.2, 0) is 10.0 Å². The van der Waals surface area contributed by atoms with E-state index in [1.807, 2.05) is 4.72 Å². The first-order valence-electron chi connectivity index (χ1n) is 4.23. The zero-order valence-corrected chi connectivity index (χ0v) is 10.1. The smallest absolute Gasteiger partial charge is 0.241 e. The SMILES string of the molecule is CNS(=O)(=O)c1cc(C(C)=O)c(F)cc1Cl. The van der Waals surface area contributed by atoms with Crippen molar-refractivity contribution in [2.75, 3.05) is 7.05 Å².